The highest BCUT2D eigenvalue weighted by atomic mass is 14.8. The monoisotopic (exact) mass is 275 g/mol. The van der Waals surface area contributed by atoms with Gasteiger partial charge >= 0.3 is 0 Å². The molecule has 0 amide bonds. The quantitative estimate of drug-likeness (QED) is 0.670. The van der Waals surface area contributed by atoms with Gasteiger partial charge in [0.25, 0.3) is 0 Å². The number of hydrogen-bond acceptors (Lipinski definition) is 3. The second-order valence-corrected chi connectivity index (χ2v) is 5.75. The Morgan fingerprint density at radius 3 is 2.33 bits per heavy atom. The maximum Gasteiger partial charge on any atom is 0.127 e. The summed E-state index contributed by atoms with van der Waals surface area (Å²) in [5, 5.41) is 0.998. The van der Waals surface area contributed by atoms with Crippen LogP contribution in [0.25, 0.3) is 10.9 Å². The van der Waals surface area contributed by atoms with E-state index in [2.05, 4.69) is 35.3 Å². The van der Waals surface area contributed by atoms with Crippen molar-refractivity contribution in [3.8, 4) is 0 Å². The Morgan fingerprint density at radius 2 is 1.62 bits per heavy atom. The van der Waals surface area contributed by atoms with Crippen LogP contribution in [0.4, 0.5) is 11.5 Å². The summed E-state index contributed by atoms with van der Waals surface area (Å²) >= 11 is 0. The normalized spacial score (nSPS) is 14.5. The lowest BCUT2D eigenvalue weighted by atomic mass is 9.95. The molecule has 3 nitrogen and oxygen atoms in total. The Kier molecular flexibility index (Phi) is 2.61. The van der Waals surface area contributed by atoms with Crippen LogP contribution in [-0.2, 0) is 12.8 Å². The van der Waals surface area contributed by atoms with Crippen molar-refractivity contribution in [1.82, 2.24) is 4.98 Å². The minimum Gasteiger partial charge on any atom is -0.398 e. The van der Waals surface area contributed by atoms with E-state index in [0.717, 1.165) is 35.0 Å². The molecule has 0 radical (unpaired) electrons. The number of nitrogen functional groups attached to an aromatic ring is 2. The van der Waals surface area contributed by atoms with Crippen LogP contribution in [-0.4, -0.2) is 4.98 Å². The second kappa shape index (κ2) is 4.48. The lowest BCUT2D eigenvalue weighted by molar-refractivity contribution is 0.742. The molecule has 4 rings (SSSR count). The molecule has 0 atom stereocenters. The van der Waals surface area contributed by atoms with Crippen molar-refractivity contribution in [2.75, 3.05) is 11.5 Å². The van der Waals surface area contributed by atoms with Crippen LogP contribution >= 0.6 is 0 Å². The highest BCUT2D eigenvalue weighted by Gasteiger charge is 2.25. The molecule has 3 aromatic rings. The SMILES string of the molecule is Nc1nc2cccc(N)c2cc1C1Cc2ccccc2C1. The molecular formula is C18H17N3. The van der Waals surface area contributed by atoms with E-state index in [0.29, 0.717) is 11.7 Å². The van der Waals surface area contributed by atoms with Gasteiger partial charge < -0.3 is 11.5 Å². The van der Waals surface area contributed by atoms with Gasteiger partial charge in [-0.1, -0.05) is 30.3 Å². The van der Waals surface area contributed by atoms with Gasteiger partial charge in [0.2, 0.25) is 0 Å². The average Bonchev–Trinajstić information content (AvgIpc) is 2.90. The van der Waals surface area contributed by atoms with Crippen molar-refractivity contribution in [3.05, 3.63) is 65.2 Å². The number of anilines is 2. The van der Waals surface area contributed by atoms with Gasteiger partial charge in [0.15, 0.2) is 0 Å². The third-order valence-corrected chi connectivity index (χ3v) is 4.44. The van der Waals surface area contributed by atoms with Crippen LogP contribution in [0.1, 0.15) is 22.6 Å². The van der Waals surface area contributed by atoms with Gasteiger partial charge in [-0.2, -0.15) is 0 Å². The Balaban J connectivity index is 1.81. The first-order valence-corrected chi connectivity index (χ1v) is 7.24. The molecule has 3 heteroatoms. The summed E-state index contributed by atoms with van der Waals surface area (Å²) < 4.78 is 0. The van der Waals surface area contributed by atoms with E-state index in [1.807, 2.05) is 18.2 Å². The summed E-state index contributed by atoms with van der Waals surface area (Å²) in [4.78, 5) is 4.54. The van der Waals surface area contributed by atoms with Crippen molar-refractivity contribution in [1.29, 1.82) is 0 Å². The van der Waals surface area contributed by atoms with Crippen molar-refractivity contribution in [2.45, 2.75) is 18.8 Å². The molecular weight excluding hydrogens is 258 g/mol. The third kappa shape index (κ3) is 1.93. The number of hydrogen-bond donors (Lipinski definition) is 2. The zero-order chi connectivity index (χ0) is 14.4. The molecule has 1 heterocycles. The van der Waals surface area contributed by atoms with Crippen molar-refractivity contribution in [3.63, 3.8) is 0 Å². The highest BCUT2D eigenvalue weighted by Crippen LogP contribution is 2.37. The molecule has 0 saturated heterocycles. The minimum atomic E-state index is 0.402. The Hall–Kier alpha value is -2.55. The molecule has 2 aromatic carbocycles. The fraction of sp³-hybridized carbons (Fsp3) is 0.167. The zero-order valence-corrected chi connectivity index (χ0v) is 11.7. The largest absolute Gasteiger partial charge is 0.398 e. The number of rotatable bonds is 1. The van der Waals surface area contributed by atoms with E-state index in [4.69, 9.17) is 11.5 Å². The number of aromatic nitrogens is 1. The van der Waals surface area contributed by atoms with Crippen LogP contribution in [0.3, 0.4) is 0 Å². The molecule has 0 aliphatic heterocycles. The molecule has 0 saturated carbocycles. The Bertz CT molecular complexity index is 814. The minimum absolute atomic E-state index is 0.402. The van der Waals surface area contributed by atoms with Crippen LogP contribution in [0.5, 0.6) is 0 Å². The van der Waals surface area contributed by atoms with Gasteiger partial charge in [-0.3, -0.25) is 0 Å². The van der Waals surface area contributed by atoms with E-state index >= 15 is 0 Å². The highest BCUT2D eigenvalue weighted by molar-refractivity contribution is 5.92. The molecule has 1 aliphatic carbocycles. The number of nitrogens with zero attached hydrogens (tertiary/aromatic N) is 1. The molecule has 104 valence electrons. The van der Waals surface area contributed by atoms with Crippen LogP contribution in [0.15, 0.2) is 48.5 Å². The molecule has 1 aromatic heterocycles. The van der Waals surface area contributed by atoms with Gasteiger partial charge in [-0.05, 0) is 53.6 Å². The topological polar surface area (TPSA) is 64.9 Å². The van der Waals surface area contributed by atoms with Gasteiger partial charge in [0.1, 0.15) is 5.82 Å². The lowest BCUT2D eigenvalue weighted by Gasteiger charge is -2.14. The van der Waals surface area contributed by atoms with E-state index in [9.17, 15) is 0 Å². The summed E-state index contributed by atoms with van der Waals surface area (Å²) in [6.45, 7) is 0. The van der Waals surface area contributed by atoms with E-state index in [1.54, 1.807) is 0 Å². The number of nitrogens with two attached hydrogens (primary N) is 2. The fourth-order valence-corrected chi connectivity index (χ4v) is 3.35. The molecule has 0 unspecified atom stereocenters. The molecule has 1 aliphatic rings. The first-order valence-electron chi connectivity index (χ1n) is 7.24. The maximum atomic E-state index is 6.20. The van der Waals surface area contributed by atoms with Crippen LogP contribution in [0.2, 0.25) is 0 Å². The number of pyridine rings is 1. The van der Waals surface area contributed by atoms with E-state index < -0.39 is 0 Å². The first-order chi connectivity index (χ1) is 10.2. The zero-order valence-electron chi connectivity index (χ0n) is 11.7. The predicted molar refractivity (Wildman–Crippen MR) is 87.2 cm³/mol. The lowest BCUT2D eigenvalue weighted by Crippen LogP contribution is -2.05. The second-order valence-electron chi connectivity index (χ2n) is 5.75. The van der Waals surface area contributed by atoms with Gasteiger partial charge in [-0.25, -0.2) is 4.98 Å². The summed E-state index contributed by atoms with van der Waals surface area (Å²) in [7, 11) is 0. The summed E-state index contributed by atoms with van der Waals surface area (Å²) in [6, 6.07) is 16.5. The molecule has 0 bridgehead atoms. The summed E-state index contributed by atoms with van der Waals surface area (Å²) in [6.07, 6.45) is 2.06. The number of benzene rings is 2. The van der Waals surface area contributed by atoms with Crippen LogP contribution in [0, 0.1) is 0 Å². The van der Waals surface area contributed by atoms with Gasteiger partial charge in [0.05, 0.1) is 5.52 Å². The van der Waals surface area contributed by atoms with E-state index in [-0.39, 0.29) is 0 Å². The fourth-order valence-electron chi connectivity index (χ4n) is 3.35. The standard InChI is InChI=1S/C18H17N3/c19-16-6-3-7-17-15(16)10-14(18(20)21-17)13-8-11-4-1-2-5-12(11)9-13/h1-7,10,13H,8-9,19H2,(H2,20,21). The maximum absolute atomic E-state index is 6.20. The van der Waals surface area contributed by atoms with E-state index in [1.165, 1.54) is 11.1 Å². The first kappa shape index (κ1) is 12.2. The molecule has 0 spiro atoms. The van der Waals surface area contributed by atoms with Crippen molar-refractivity contribution < 1.29 is 0 Å². The predicted octanol–water partition coefficient (Wildman–Crippen LogP) is 3.28. The Morgan fingerprint density at radius 1 is 0.905 bits per heavy atom. The summed E-state index contributed by atoms with van der Waals surface area (Å²) in [5.74, 6) is 1.03. The van der Waals surface area contributed by atoms with Crippen molar-refractivity contribution >= 4 is 22.4 Å². The summed E-state index contributed by atoms with van der Waals surface area (Å²) in [5.41, 5.74) is 17.9. The van der Waals surface area contributed by atoms with Crippen molar-refractivity contribution in [2.24, 2.45) is 0 Å². The van der Waals surface area contributed by atoms with Crippen LogP contribution < -0.4 is 11.5 Å². The average molecular weight is 275 g/mol. The third-order valence-electron chi connectivity index (χ3n) is 4.44. The molecule has 0 fully saturated rings. The number of fused-ring (bicyclic) bond motifs is 2. The Labute approximate surface area is 123 Å². The van der Waals surface area contributed by atoms with Gasteiger partial charge in [-0.15, -0.1) is 0 Å². The molecule has 21 heavy (non-hydrogen) atoms. The smallest absolute Gasteiger partial charge is 0.127 e. The van der Waals surface area contributed by atoms with Gasteiger partial charge in [0, 0.05) is 11.1 Å². The molecule has 4 N–H and O–H groups in total.